The van der Waals surface area contributed by atoms with Gasteiger partial charge in [0.25, 0.3) is 0 Å². The average Bonchev–Trinajstić information content (AvgIpc) is 2.24. The second-order valence-electron chi connectivity index (χ2n) is 2.80. The van der Waals surface area contributed by atoms with Crippen LogP contribution < -0.4 is 5.32 Å². The van der Waals surface area contributed by atoms with Crippen molar-refractivity contribution in [2.45, 2.75) is 25.1 Å². The molecule has 1 N–H and O–H groups in total. The lowest BCUT2D eigenvalue weighted by molar-refractivity contribution is -0.124. The third-order valence-corrected chi connectivity index (χ3v) is 2.18. The van der Waals surface area contributed by atoms with Crippen LogP contribution in [-0.4, -0.2) is 18.1 Å². The Balaban J connectivity index is 2.19. The van der Waals surface area contributed by atoms with Gasteiger partial charge in [-0.05, 0) is 12.8 Å². The number of hydrogen-bond acceptors (Lipinski definition) is 1. The van der Waals surface area contributed by atoms with Gasteiger partial charge in [-0.2, -0.15) is 0 Å². The van der Waals surface area contributed by atoms with E-state index in [9.17, 15) is 9.18 Å². The van der Waals surface area contributed by atoms with Crippen molar-refractivity contribution in [2.75, 3.05) is 0 Å². The van der Waals surface area contributed by atoms with Gasteiger partial charge in [0.15, 0.2) is 0 Å². The number of piperidine rings is 1. The first-order chi connectivity index (χ1) is 4.27. The van der Waals surface area contributed by atoms with Crippen molar-refractivity contribution in [3.05, 3.63) is 0 Å². The highest BCUT2D eigenvalue weighted by Crippen LogP contribution is 2.33. The maximum atomic E-state index is 12.6. The van der Waals surface area contributed by atoms with Crippen LogP contribution in [0.3, 0.4) is 0 Å². The molecular weight excluding hydrogens is 121 g/mol. The monoisotopic (exact) mass is 129 g/mol. The number of nitrogens with one attached hydrogen (secondary N) is 1. The Morgan fingerprint density at radius 3 is 2.67 bits per heavy atom. The van der Waals surface area contributed by atoms with Crippen LogP contribution in [0, 0.1) is 5.92 Å². The SMILES string of the molecule is O=C1NC2CC1CC2F. The van der Waals surface area contributed by atoms with Crippen molar-refractivity contribution in [3.63, 3.8) is 0 Å². The summed E-state index contributed by atoms with van der Waals surface area (Å²) in [7, 11) is 0. The Kier molecular flexibility index (Phi) is 0.845. The van der Waals surface area contributed by atoms with Crippen molar-refractivity contribution in [2.24, 2.45) is 5.92 Å². The summed E-state index contributed by atoms with van der Waals surface area (Å²) >= 11 is 0. The molecule has 2 aliphatic rings. The summed E-state index contributed by atoms with van der Waals surface area (Å²) in [5.74, 6) is 0.0406. The lowest BCUT2D eigenvalue weighted by atomic mass is 10.1. The number of alkyl halides is 1. The van der Waals surface area contributed by atoms with E-state index < -0.39 is 6.17 Å². The van der Waals surface area contributed by atoms with Gasteiger partial charge in [-0.3, -0.25) is 4.79 Å². The highest BCUT2D eigenvalue weighted by molar-refractivity contribution is 5.82. The summed E-state index contributed by atoms with van der Waals surface area (Å²) in [6.07, 6.45) is 0.406. The molecule has 1 saturated heterocycles. The maximum Gasteiger partial charge on any atom is 0.223 e. The van der Waals surface area contributed by atoms with Crippen molar-refractivity contribution < 1.29 is 9.18 Å². The third kappa shape index (κ3) is 0.573. The van der Waals surface area contributed by atoms with E-state index in [1.54, 1.807) is 0 Å². The molecule has 1 heterocycles. The molecule has 2 rings (SSSR count). The number of fused-ring (bicyclic) bond motifs is 2. The van der Waals surface area contributed by atoms with Crippen LogP contribution in [0.4, 0.5) is 4.39 Å². The predicted molar refractivity (Wildman–Crippen MR) is 29.6 cm³/mol. The summed E-state index contributed by atoms with van der Waals surface area (Å²) in [6, 6.07) is -0.150. The van der Waals surface area contributed by atoms with Gasteiger partial charge in [0.05, 0.1) is 6.04 Å². The molecule has 2 bridgehead atoms. The summed E-state index contributed by atoms with van der Waals surface area (Å²) in [4.78, 5) is 10.7. The van der Waals surface area contributed by atoms with Crippen molar-refractivity contribution >= 4 is 5.91 Å². The summed E-state index contributed by atoms with van der Waals surface area (Å²) < 4.78 is 12.6. The van der Waals surface area contributed by atoms with E-state index in [1.807, 2.05) is 0 Å². The van der Waals surface area contributed by atoms with Gasteiger partial charge in [-0.25, -0.2) is 4.39 Å². The molecule has 2 fully saturated rings. The zero-order chi connectivity index (χ0) is 6.43. The van der Waals surface area contributed by atoms with Crippen molar-refractivity contribution in [3.8, 4) is 0 Å². The van der Waals surface area contributed by atoms with E-state index in [0.29, 0.717) is 6.42 Å². The lowest BCUT2D eigenvalue weighted by Gasteiger charge is -2.14. The largest absolute Gasteiger partial charge is 0.350 e. The Morgan fingerprint density at radius 2 is 2.33 bits per heavy atom. The molecule has 1 amide bonds. The highest BCUT2D eigenvalue weighted by Gasteiger charge is 2.45. The first-order valence-corrected chi connectivity index (χ1v) is 3.22. The first-order valence-electron chi connectivity index (χ1n) is 3.22. The highest BCUT2D eigenvalue weighted by atomic mass is 19.1. The van der Waals surface area contributed by atoms with Gasteiger partial charge in [-0.15, -0.1) is 0 Å². The average molecular weight is 129 g/mol. The van der Waals surface area contributed by atoms with E-state index in [0.717, 1.165) is 6.42 Å². The molecule has 2 nitrogen and oxygen atoms in total. The molecule has 1 aliphatic heterocycles. The molecule has 9 heavy (non-hydrogen) atoms. The van der Waals surface area contributed by atoms with Crippen LogP contribution in [-0.2, 0) is 4.79 Å². The Labute approximate surface area is 52.4 Å². The fourth-order valence-electron chi connectivity index (χ4n) is 1.65. The zero-order valence-electron chi connectivity index (χ0n) is 4.93. The molecule has 50 valence electrons. The minimum Gasteiger partial charge on any atom is -0.350 e. The molecule has 0 aromatic heterocycles. The topological polar surface area (TPSA) is 29.1 Å². The smallest absolute Gasteiger partial charge is 0.223 e. The number of rotatable bonds is 0. The third-order valence-electron chi connectivity index (χ3n) is 2.18. The van der Waals surface area contributed by atoms with Gasteiger partial charge in [0.2, 0.25) is 5.91 Å². The van der Waals surface area contributed by atoms with Gasteiger partial charge in [0.1, 0.15) is 6.17 Å². The van der Waals surface area contributed by atoms with E-state index in [1.165, 1.54) is 0 Å². The quantitative estimate of drug-likeness (QED) is 0.498. The molecule has 0 radical (unpaired) electrons. The predicted octanol–water partition coefficient (Wildman–Crippen LogP) is 0.233. The van der Waals surface area contributed by atoms with E-state index in [2.05, 4.69) is 5.32 Å². The molecule has 0 aromatic carbocycles. The van der Waals surface area contributed by atoms with Crippen LogP contribution in [0.25, 0.3) is 0 Å². The molecule has 1 aliphatic carbocycles. The van der Waals surface area contributed by atoms with Crippen LogP contribution in [0.5, 0.6) is 0 Å². The van der Waals surface area contributed by atoms with Gasteiger partial charge in [-0.1, -0.05) is 0 Å². The fraction of sp³-hybridized carbons (Fsp3) is 0.833. The number of amides is 1. The summed E-state index contributed by atoms with van der Waals surface area (Å²) in [5, 5.41) is 2.59. The second-order valence-corrected chi connectivity index (χ2v) is 2.80. The maximum absolute atomic E-state index is 12.6. The molecule has 3 atom stereocenters. The fourth-order valence-corrected chi connectivity index (χ4v) is 1.65. The molecule has 0 spiro atoms. The summed E-state index contributed by atoms with van der Waals surface area (Å²) in [5.41, 5.74) is 0. The van der Waals surface area contributed by atoms with Gasteiger partial charge in [0, 0.05) is 5.92 Å². The second kappa shape index (κ2) is 1.46. The standard InChI is InChI=1S/C6H8FNO/c7-4-1-3-2-5(4)8-6(3)9/h3-5H,1-2H2,(H,8,9). The molecule has 3 heteroatoms. The van der Waals surface area contributed by atoms with Crippen LogP contribution >= 0.6 is 0 Å². The molecule has 3 unspecified atom stereocenters. The minimum atomic E-state index is -0.771. The Bertz CT molecular complexity index is 157. The molecular formula is C6H8FNO. The summed E-state index contributed by atoms with van der Waals surface area (Å²) in [6.45, 7) is 0. The molecule has 1 saturated carbocycles. The van der Waals surface area contributed by atoms with E-state index >= 15 is 0 Å². The van der Waals surface area contributed by atoms with Crippen LogP contribution in [0.15, 0.2) is 0 Å². The number of hydrogen-bond donors (Lipinski definition) is 1. The Morgan fingerprint density at radius 1 is 1.56 bits per heavy atom. The van der Waals surface area contributed by atoms with E-state index in [-0.39, 0.29) is 17.9 Å². The Hall–Kier alpha value is -0.600. The number of carbonyl (C=O) groups is 1. The van der Waals surface area contributed by atoms with Crippen LogP contribution in [0.1, 0.15) is 12.8 Å². The normalized spacial score (nSPS) is 47.7. The minimum absolute atomic E-state index is 0.00926. The van der Waals surface area contributed by atoms with Crippen LogP contribution in [0.2, 0.25) is 0 Å². The molecule has 0 aromatic rings. The number of halogens is 1. The van der Waals surface area contributed by atoms with E-state index in [4.69, 9.17) is 0 Å². The van der Waals surface area contributed by atoms with Crippen molar-refractivity contribution in [1.82, 2.24) is 5.32 Å². The first kappa shape index (κ1) is 5.21. The lowest BCUT2D eigenvalue weighted by Crippen LogP contribution is -2.37. The van der Waals surface area contributed by atoms with Crippen molar-refractivity contribution in [1.29, 1.82) is 0 Å². The zero-order valence-corrected chi connectivity index (χ0v) is 4.93. The number of carbonyl (C=O) groups excluding carboxylic acids is 1. The van der Waals surface area contributed by atoms with Gasteiger partial charge >= 0.3 is 0 Å². The van der Waals surface area contributed by atoms with Gasteiger partial charge < -0.3 is 5.32 Å².